The lowest BCUT2D eigenvalue weighted by Crippen LogP contribution is -2.46. The summed E-state index contributed by atoms with van der Waals surface area (Å²) in [7, 11) is -0.552. The molecule has 29 heavy (non-hydrogen) atoms. The van der Waals surface area contributed by atoms with Crippen molar-refractivity contribution in [2.45, 2.75) is 32.2 Å². The maximum Gasteiger partial charge on any atom is 0.343 e. The van der Waals surface area contributed by atoms with Crippen LogP contribution in [0.3, 0.4) is 0 Å². The molecule has 1 heterocycles. The molecule has 0 unspecified atom stereocenters. The molecule has 1 N–H and O–H groups in total. The Morgan fingerprint density at radius 3 is 2.45 bits per heavy atom. The molecule has 1 aliphatic rings. The van der Waals surface area contributed by atoms with E-state index in [4.69, 9.17) is 9.47 Å². The monoisotopic (exact) mass is 428 g/mol. The lowest BCUT2D eigenvalue weighted by atomic mass is 10.0. The molecule has 0 saturated carbocycles. The Morgan fingerprint density at radius 2 is 1.86 bits per heavy atom. The van der Waals surface area contributed by atoms with E-state index >= 15 is 0 Å². The van der Waals surface area contributed by atoms with Crippen LogP contribution in [0.5, 0.6) is 11.5 Å². The summed E-state index contributed by atoms with van der Waals surface area (Å²) < 4.78 is 41.7. The minimum atomic E-state index is -3.27. The third-order valence-electron chi connectivity index (χ3n) is 4.59. The molecule has 0 aromatic heterocycles. The Morgan fingerprint density at radius 1 is 1.17 bits per heavy atom. The van der Waals surface area contributed by atoms with E-state index in [0.717, 1.165) is 0 Å². The van der Waals surface area contributed by atoms with Crippen LogP contribution in [-0.4, -0.2) is 70.9 Å². The number of benzene rings is 1. The highest BCUT2D eigenvalue weighted by Crippen LogP contribution is 2.29. The molecule has 1 aromatic carbocycles. The number of rotatable bonds is 9. The zero-order valence-electron chi connectivity index (χ0n) is 17.0. The fourth-order valence-electron chi connectivity index (χ4n) is 3.08. The van der Waals surface area contributed by atoms with Gasteiger partial charge in [-0.15, -0.1) is 0 Å². The van der Waals surface area contributed by atoms with E-state index in [1.807, 2.05) is 6.92 Å². The molecule has 0 aliphatic carbocycles. The van der Waals surface area contributed by atoms with Gasteiger partial charge in [-0.25, -0.2) is 17.9 Å². The lowest BCUT2D eigenvalue weighted by Gasteiger charge is -2.32. The van der Waals surface area contributed by atoms with Gasteiger partial charge in [0.05, 0.1) is 20.0 Å². The second kappa shape index (κ2) is 10.4. The van der Waals surface area contributed by atoms with Crippen LogP contribution < -0.4 is 14.2 Å². The average Bonchev–Trinajstić information content (AvgIpc) is 2.71. The molecule has 0 spiro atoms. The van der Waals surface area contributed by atoms with Gasteiger partial charge >= 0.3 is 5.97 Å². The summed E-state index contributed by atoms with van der Waals surface area (Å²) in [6.45, 7) is 2.48. The molecule has 0 bridgehead atoms. The number of methoxy groups -OCH3 is 2. The van der Waals surface area contributed by atoms with E-state index in [1.165, 1.54) is 14.2 Å². The van der Waals surface area contributed by atoms with E-state index in [-0.39, 0.29) is 24.3 Å². The van der Waals surface area contributed by atoms with E-state index in [2.05, 4.69) is 9.46 Å². The molecule has 1 fully saturated rings. The SMILES string of the molecule is CCCS(=O)(=O)NC1CCN(C(=O)c2ccc(OCC(=O)OC)c(OC)c2)CC1. The van der Waals surface area contributed by atoms with Crippen LogP contribution in [0.2, 0.25) is 0 Å². The van der Waals surface area contributed by atoms with Gasteiger partial charge in [-0.3, -0.25) is 4.79 Å². The third kappa shape index (κ3) is 6.60. The molecule has 1 amide bonds. The summed E-state index contributed by atoms with van der Waals surface area (Å²) in [5.41, 5.74) is 0.428. The maximum atomic E-state index is 12.8. The first-order valence-electron chi connectivity index (χ1n) is 9.46. The third-order valence-corrected chi connectivity index (χ3v) is 6.22. The molecule has 1 aliphatic heterocycles. The largest absolute Gasteiger partial charge is 0.493 e. The highest BCUT2D eigenvalue weighted by atomic mass is 32.2. The zero-order chi connectivity index (χ0) is 21.4. The van der Waals surface area contributed by atoms with Crippen molar-refractivity contribution in [3.63, 3.8) is 0 Å². The molecule has 2 rings (SSSR count). The van der Waals surface area contributed by atoms with Gasteiger partial charge in [0.1, 0.15) is 0 Å². The van der Waals surface area contributed by atoms with E-state index in [1.54, 1.807) is 23.1 Å². The summed E-state index contributed by atoms with van der Waals surface area (Å²) >= 11 is 0. The number of nitrogens with one attached hydrogen (secondary N) is 1. The molecule has 1 aromatic rings. The molecule has 1 saturated heterocycles. The number of amides is 1. The molecule has 0 atom stereocenters. The summed E-state index contributed by atoms with van der Waals surface area (Å²) in [4.78, 5) is 25.7. The minimum absolute atomic E-state index is 0.107. The van der Waals surface area contributed by atoms with Crippen LogP contribution in [0.25, 0.3) is 0 Å². The zero-order valence-corrected chi connectivity index (χ0v) is 17.8. The summed E-state index contributed by atoms with van der Waals surface area (Å²) in [6, 6.07) is 4.58. The molecular formula is C19H28N2O7S. The Labute approximate surface area is 171 Å². The molecular weight excluding hydrogens is 400 g/mol. The maximum absolute atomic E-state index is 12.8. The van der Waals surface area contributed by atoms with E-state index < -0.39 is 16.0 Å². The van der Waals surface area contributed by atoms with Gasteiger partial charge in [-0.2, -0.15) is 0 Å². The average molecular weight is 429 g/mol. The lowest BCUT2D eigenvalue weighted by molar-refractivity contribution is -0.142. The Balaban J connectivity index is 1.98. The van der Waals surface area contributed by atoms with Crippen LogP contribution in [0, 0.1) is 0 Å². The van der Waals surface area contributed by atoms with Crippen molar-refractivity contribution in [1.82, 2.24) is 9.62 Å². The number of hydrogen-bond donors (Lipinski definition) is 1. The number of carbonyl (C=O) groups excluding carboxylic acids is 2. The molecule has 10 heteroatoms. The number of likely N-dealkylation sites (tertiary alicyclic amines) is 1. The fraction of sp³-hybridized carbons (Fsp3) is 0.579. The standard InChI is InChI=1S/C19H28N2O7S/c1-4-11-29(24,25)20-15-7-9-21(10-8-15)19(23)14-5-6-16(17(12-14)26-2)28-13-18(22)27-3/h5-6,12,15,20H,4,7-11,13H2,1-3H3. The Bertz CT molecular complexity index is 818. The summed E-state index contributed by atoms with van der Waals surface area (Å²) in [5.74, 6) is 0.0823. The minimum Gasteiger partial charge on any atom is -0.493 e. The topological polar surface area (TPSA) is 111 Å². The van der Waals surface area contributed by atoms with Gasteiger partial charge in [0.25, 0.3) is 5.91 Å². The predicted molar refractivity (Wildman–Crippen MR) is 107 cm³/mol. The summed E-state index contributed by atoms with van der Waals surface area (Å²) in [6.07, 6.45) is 1.69. The Hall–Kier alpha value is -2.33. The van der Waals surface area contributed by atoms with Crippen molar-refractivity contribution in [3.8, 4) is 11.5 Å². The highest BCUT2D eigenvalue weighted by Gasteiger charge is 2.26. The van der Waals surface area contributed by atoms with Crippen molar-refractivity contribution in [3.05, 3.63) is 23.8 Å². The number of ether oxygens (including phenoxy) is 3. The van der Waals surface area contributed by atoms with Crippen LogP contribution in [0.4, 0.5) is 0 Å². The highest BCUT2D eigenvalue weighted by molar-refractivity contribution is 7.89. The van der Waals surface area contributed by atoms with Crippen molar-refractivity contribution in [2.75, 3.05) is 39.7 Å². The van der Waals surface area contributed by atoms with Crippen molar-refractivity contribution >= 4 is 21.9 Å². The van der Waals surface area contributed by atoms with Crippen LogP contribution in [0.15, 0.2) is 18.2 Å². The Kier molecular flexibility index (Phi) is 8.27. The number of nitrogens with zero attached hydrogens (tertiary/aromatic N) is 1. The second-order valence-electron chi connectivity index (χ2n) is 6.73. The van der Waals surface area contributed by atoms with E-state index in [0.29, 0.717) is 49.4 Å². The molecule has 162 valence electrons. The smallest absolute Gasteiger partial charge is 0.343 e. The van der Waals surface area contributed by atoms with Gasteiger partial charge < -0.3 is 19.1 Å². The number of sulfonamides is 1. The summed E-state index contributed by atoms with van der Waals surface area (Å²) in [5, 5.41) is 0. The normalized spacial score (nSPS) is 15.1. The number of hydrogen-bond acceptors (Lipinski definition) is 7. The van der Waals surface area contributed by atoms with Crippen LogP contribution in [-0.2, 0) is 19.6 Å². The number of carbonyl (C=O) groups is 2. The first-order chi connectivity index (χ1) is 13.8. The predicted octanol–water partition coefficient (Wildman–Crippen LogP) is 1.18. The van der Waals surface area contributed by atoms with Crippen molar-refractivity contribution < 1.29 is 32.2 Å². The molecule has 9 nitrogen and oxygen atoms in total. The van der Waals surface area contributed by atoms with Crippen LogP contribution >= 0.6 is 0 Å². The van der Waals surface area contributed by atoms with Gasteiger partial charge in [-0.05, 0) is 37.5 Å². The van der Waals surface area contributed by atoms with Gasteiger partial charge in [0, 0.05) is 24.7 Å². The second-order valence-corrected chi connectivity index (χ2v) is 8.61. The quantitative estimate of drug-likeness (QED) is 0.588. The number of piperidine rings is 1. The van der Waals surface area contributed by atoms with Crippen molar-refractivity contribution in [2.24, 2.45) is 0 Å². The first kappa shape index (κ1) is 23.0. The molecule has 0 radical (unpaired) electrons. The van der Waals surface area contributed by atoms with Crippen molar-refractivity contribution in [1.29, 1.82) is 0 Å². The van der Waals surface area contributed by atoms with Gasteiger partial charge in [0.2, 0.25) is 10.0 Å². The van der Waals surface area contributed by atoms with Gasteiger partial charge in [-0.1, -0.05) is 6.92 Å². The number of esters is 1. The first-order valence-corrected chi connectivity index (χ1v) is 11.1. The van der Waals surface area contributed by atoms with Gasteiger partial charge in [0.15, 0.2) is 18.1 Å². The van der Waals surface area contributed by atoms with E-state index in [9.17, 15) is 18.0 Å². The van der Waals surface area contributed by atoms with Crippen LogP contribution in [0.1, 0.15) is 36.5 Å². The fourth-order valence-corrected chi connectivity index (χ4v) is 4.48.